The molecule has 1 amide bonds. The first-order chi connectivity index (χ1) is 16.9. The SMILES string of the molecule is O=C(Cc1c[nH]c2ccc(O)cc12)N[C@@H](Cc1cc(F)cc(F)c1)c1ncccc1C#CC1CC1. The third kappa shape index (κ3) is 5.49. The molecule has 3 N–H and O–H groups in total. The van der Waals surface area contributed by atoms with E-state index in [4.69, 9.17) is 0 Å². The van der Waals surface area contributed by atoms with Crippen molar-refractivity contribution >= 4 is 16.8 Å². The van der Waals surface area contributed by atoms with Gasteiger partial charge in [-0.3, -0.25) is 9.78 Å². The normalized spacial score (nSPS) is 13.8. The number of nitrogens with zero attached hydrogens (tertiary/aromatic N) is 1. The Morgan fingerprint density at radius 1 is 1.17 bits per heavy atom. The molecular weight excluding hydrogens is 448 g/mol. The predicted octanol–water partition coefficient (Wildman–Crippen LogP) is 4.95. The average Bonchev–Trinajstić information content (AvgIpc) is 3.57. The van der Waals surface area contributed by atoms with Crippen molar-refractivity contribution in [2.45, 2.75) is 31.7 Å². The minimum Gasteiger partial charge on any atom is -0.508 e. The molecule has 4 aromatic rings. The molecule has 2 aromatic heterocycles. The molecule has 1 saturated carbocycles. The Labute approximate surface area is 201 Å². The second-order valence-corrected chi connectivity index (χ2v) is 8.80. The van der Waals surface area contributed by atoms with E-state index in [1.165, 1.54) is 12.1 Å². The number of fused-ring (bicyclic) bond motifs is 1. The molecule has 0 saturated heterocycles. The van der Waals surface area contributed by atoms with E-state index >= 15 is 0 Å². The monoisotopic (exact) mass is 471 g/mol. The maximum absolute atomic E-state index is 13.9. The van der Waals surface area contributed by atoms with E-state index in [1.807, 2.05) is 6.07 Å². The molecule has 1 aliphatic carbocycles. The minimum absolute atomic E-state index is 0.0490. The summed E-state index contributed by atoms with van der Waals surface area (Å²) in [6.45, 7) is 0. The number of aromatic hydroxyl groups is 1. The van der Waals surface area contributed by atoms with Crippen LogP contribution < -0.4 is 5.32 Å². The highest BCUT2D eigenvalue weighted by Gasteiger charge is 2.22. The molecule has 1 atom stereocenters. The Bertz CT molecular complexity index is 1440. The van der Waals surface area contributed by atoms with E-state index in [9.17, 15) is 18.7 Å². The second kappa shape index (κ2) is 9.59. The lowest BCUT2D eigenvalue weighted by atomic mass is 9.98. The second-order valence-electron chi connectivity index (χ2n) is 8.80. The van der Waals surface area contributed by atoms with Gasteiger partial charge in [0, 0.05) is 40.8 Å². The number of rotatable bonds is 6. The highest BCUT2D eigenvalue weighted by Crippen LogP contribution is 2.28. The third-order valence-corrected chi connectivity index (χ3v) is 5.96. The van der Waals surface area contributed by atoms with Gasteiger partial charge in [0.05, 0.1) is 18.2 Å². The van der Waals surface area contributed by atoms with Gasteiger partial charge in [0.2, 0.25) is 5.91 Å². The summed E-state index contributed by atoms with van der Waals surface area (Å²) >= 11 is 0. The summed E-state index contributed by atoms with van der Waals surface area (Å²) in [5.74, 6) is 5.22. The predicted molar refractivity (Wildman–Crippen MR) is 128 cm³/mol. The molecule has 5 rings (SSSR count). The van der Waals surface area contributed by atoms with Crippen molar-refractivity contribution in [3.05, 3.63) is 94.9 Å². The van der Waals surface area contributed by atoms with Crippen LogP contribution in [0, 0.1) is 29.4 Å². The number of phenols is 1. The largest absolute Gasteiger partial charge is 0.508 e. The molecule has 5 nitrogen and oxygen atoms in total. The van der Waals surface area contributed by atoms with Gasteiger partial charge in [0.25, 0.3) is 0 Å². The van der Waals surface area contributed by atoms with E-state index < -0.39 is 17.7 Å². The summed E-state index contributed by atoms with van der Waals surface area (Å²) in [5.41, 5.74) is 3.16. The lowest BCUT2D eigenvalue weighted by Gasteiger charge is -2.20. The first-order valence-electron chi connectivity index (χ1n) is 11.4. The summed E-state index contributed by atoms with van der Waals surface area (Å²) in [5, 5.41) is 13.6. The first kappa shape index (κ1) is 22.6. The van der Waals surface area contributed by atoms with Gasteiger partial charge in [0.15, 0.2) is 0 Å². The van der Waals surface area contributed by atoms with Crippen LogP contribution in [0.15, 0.2) is 60.9 Å². The number of phenolic OH excluding ortho intramolecular Hbond substituents is 1. The van der Waals surface area contributed by atoms with Crippen LogP contribution in [0.2, 0.25) is 0 Å². The summed E-state index contributed by atoms with van der Waals surface area (Å²) in [7, 11) is 0. The number of H-pyrrole nitrogens is 1. The van der Waals surface area contributed by atoms with Crippen molar-refractivity contribution in [1.29, 1.82) is 0 Å². The zero-order valence-electron chi connectivity index (χ0n) is 18.8. The summed E-state index contributed by atoms with van der Waals surface area (Å²) in [6.07, 6.45) is 5.69. The fourth-order valence-electron chi connectivity index (χ4n) is 4.12. The third-order valence-electron chi connectivity index (χ3n) is 5.96. The van der Waals surface area contributed by atoms with Crippen LogP contribution in [0.4, 0.5) is 8.78 Å². The van der Waals surface area contributed by atoms with Gasteiger partial charge in [-0.2, -0.15) is 0 Å². The van der Waals surface area contributed by atoms with Crippen molar-refractivity contribution < 1.29 is 18.7 Å². The highest BCUT2D eigenvalue weighted by molar-refractivity contribution is 5.89. The molecular formula is C28H23F2N3O2. The number of benzene rings is 2. The van der Waals surface area contributed by atoms with Crippen LogP contribution in [-0.4, -0.2) is 21.0 Å². The van der Waals surface area contributed by atoms with Crippen LogP contribution in [0.3, 0.4) is 0 Å². The molecule has 1 fully saturated rings. The average molecular weight is 472 g/mol. The Balaban J connectivity index is 1.44. The highest BCUT2D eigenvalue weighted by atomic mass is 19.1. The van der Waals surface area contributed by atoms with E-state index in [0.29, 0.717) is 22.7 Å². The molecule has 0 unspecified atom stereocenters. The van der Waals surface area contributed by atoms with E-state index in [-0.39, 0.29) is 24.5 Å². The molecule has 0 spiro atoms. The quantitative estimate of drug-likeness (QED) is 0.348. The Kier molecular flexibility index (Phi) is 6.19. The molecule has 176 valence electrons. The van der Waals surface area contributed by atoms with Crippen LogP contribution in [-0.2, 0) is 17.6 Å². The van der Waals surface area contributed by atoms with Crippen LogP contribution in [0.1, 0.15) is 41.3 Å². The van der Waals surface area contributed by atoms with Gasteiger partial charge in [-0.25, -0.2) is 8.78 Å². The topological polar surface area (TPSA) is 78.0 Å². The van der Waals surface area contributed by atoms with Gasteiger partial charge in [0.1, 0.15) is 17.4 Å². The fraction of sp³-hybridized carbons (Fsp3) is 0.214. The molecule has 35 heavy (non-hydrogen) atoms. The van der Waals surface area contributed by atoms with Gasteiger partial charge < -0.3 is 15.4 Å². The first-order valence-corrected chi connectivity index (χ1v) is 11.4. The number of halogens is 2. The van der Waals surface area contributed by atoms with Crippen LogP contribution >= 0.6 is 0 Å². The zero-order chi connectivity index (χ0) is 24.4. The summed E-state index contributed by atoms with van der Waals surface area (Å²) in [6, 6.07) is 11.2. The number of aromatic nitrogens is 2. The number of aromatic amines is 1. The molecule has 0 radical (unpaired) electrons. The summed E-state index contributed by atoms with van der Waals surface area (Å²) < 4.78 is 27.8. The smallest absolute Gasteiger partial charge is 0.225 e. The molecule has 7 heteroatoms. The lowest BCUT2D eigenvalue weighted by Crippen LogP contribution is -2.32. The molecule has 1 aliphatic rings. The van der Waals surface area contributed by atoms with Gasteiger partial charge >= 0.3 is 0 Å². The van der Waals surface area contributed by atoms with Crippen molar-refractivity contribution in [3.8, 4) is 17.6 Å². The molecule has 0 bridgehead atoms. The number of carbonyl (C=O) groups excluding carboxylic acids is 1. The molecule has 0 aliphatic heterocycles. The minimum atomic E-state index is -0.682. The number of carbonyl (C=O) groups is 1. The maximum atomic E-state index is 13.9. The van der Waals surface area contributed by atoms with Gasteiger partial charge in [-0.15, -0.1) is 0 Å². The van der Waals surface area contributed by atoms with Crippen LogP contribution in [0.25, 0.3) is 10.9 Å². The maximum Gasteiger partial charge on any atom is 0.225 e. The number of nitrogens with one attached hydrogen (secondary N) is 2. The lowest BCUT2D eigenvalue weighted by molar-refractivity contribution is -0.121. The van der Waals surface area contributed by atoms with Crippen LogP contribution in [0.5, 0.6) is 5.75 Å². The fourth-order valence-corrected chi connectivity index (χ4v) is 4.12. The van der Waals surface area contributed by atoms with Gasteiger partial charge in [-0.05, 0) is 72.9 Å². The Morgan fingerprint density at radius 2 is 1.97 bits per heavy atom. The summed E-state index contributed by atoms with van der Waals surface area (Å²) in [4.78, 5) is 20.7. The number of amides is 1. The van der Waals surface area contributed by atoms with Gasteiger partial charge in [-0.1, -0.05) is 11.8 Å². The van der Waals surface area contributed by atoms with E-state index in [1.54, 1.807) is 36.7 Å². The zero-order valence-corrected chi connectivity index (χ0v) is 18.8. The van der Waals surface area contributed by atoms with Crippen molar-refractivity contribution in [2.75, 3.05) is 0 Å². The molecule has 2 heterocycles. The number of pyridine rings is 1. The van der Waals surface area contributed by atoms with Crippen molar-refractivity contribution in [2.24, 2.45) is 5.92 Å². The van der Waals surface area contributed by atoms with Crippen molar-refractivity contribution in [1.82, 2.24) is 15.3 Å². The number of hydrogen-bond acceptors (Lipinski definition) is 3. The number of hydrogen-bond donors (Lipinski definition) is 3. The molecule has 2 aromatic carbocycles. The van der Waals surface area contributed by atoms with E-state index in [0.717, 1.165) is 35.4 Å². The Morgan fingerprint density at radius 3 is 2.74 bits per heavy atom. The standard InChI is InChI=1S/C28H23F2N3O2/c29-21-10-18(11-22(30)14-21)12-26(28-19(2-1-9-31-28)6-5-17-3-4-17)33-27(35)13-20-16-32-25-8-7-23(34)15-24(20)25/h1-2,7-11,14-17,26,32,34H,3-4,12-13H2,(H,33,35)/t26-/m0/s1. The Hall–Kier alpha value is -4.18. The van der Waals surface area contributed by atoms with E-state index in [2.05, 4.69) is 27.1 Å². The van der Waals surface area contributed by atoms with Crippen molar-refractivity contribution in [3.63, 3.8) is 0 Å².